The van der Waals surface area contributed by atoms with Crippen molar-refractivity contribution in [1.29, 1.82) is 0 Å². The highest BCUT2D eigenvalue weighted by Gasteiger charge is 2.34. The first-order valence-electron chi connectivity index (χ1n) is 19.2. The summed E-state index contributed by atoms with van der Waals surface area (Å²) in [6, 6.07) is 18.0. The van der Waals surface area contributed by atoms with Gasteiger partial charge in [-0.25, -0.2) is 0 Å². The van der Waals surface area contributed by atoms with Gasteiger partial charge in [0.05, 0.1) is 24.8 Å². The molecule has 6 nitrogen and oxygen atoms in total. The number of hydrogen-bond donors (Lipinski definition) is 0. The predicted octanol–water partition coefficient (Wildman–Crippen LogP) is 10.3. The Morgan fingerprint density at radius 2 is 0.911 bits per heavy atom. The third-order valence-electron chi connectivity index (χ3n) is 11.7. The zero-order chi connectivity index (χ0) is 41.1. The van der Waals surface area contributed by atoms with E-state index < -0.39 is 17.7 Å². The van der Waals surface area contributed by atoms with Crippen LogP contribution in [-0.2, 0) is 34.9 Å². The Hall–Kier alpha value is -5.05. The highest BCUT2D eigenvalue weighted by Crippen LogP contribution is 2.39. The second-order valence-electron chi connectivity index (χ2n) is 15.8. The topological polar surface area (TPSA) is 102 Å². The molecule has 0 unspecified atom stereocenters. The molecule has 56 heavy (non-hydrogen) atoms. The normalized spacial score (nSPS) is 17.4. The fourth-order valence-corrected chi connectivity index (χ4v) is 8.58. The molecule has 4 aromatic carbocycles. The van der Waals surface area contributed by atoms with Crippen LogP contribution in [0.3, 0.4) is 0 Å². The lowest BCUT2D eigenvalue weighted by molar-refractivity contribution is -0.138. The molecule has 0 saturated heterocycles. The van der Waals surface area contributed by atoms with Crippen LogP contribution in [0.2, 0.25) is 0 Å². The lowest BCUT2D eigenvalue weighted by Gasteiger charge is -2.27. The van der Waals surface area contributed by atoms with Gasteiger partial charge in [0.15, 0.2) is 0 Å². The van der Waals surface area contributed by atoms with Crippen molar-refractivity contribution in [2.75, 3.05) is 0 Å². The van der Waals surface area contributed by atoms with Gasteiger partial charge in [-0.15, -0.1) is 0 Å². The number of rotatable bonds is 3. The summed E-state index contributed by atoms with van der Waals surface area (Å²) in [6.45, 7) is 12.2. The van der Waals surface area contributed by atoms with Crippen LogP contribution in [0.4, 0.5) is 13.2 Å². The molecule has 3 aliphatic carbocycles. The summed E-state index contributed by atoms with van der Waals surface area (Å²) in [5.41, 5.74) is 8.98. The van der Waals surface area contributed by atoms with Gasteiger partial charge in [-0.3, -0.25) is 28.8 Å². The van der Waals surface area contributed by atoms with Crippen LogP contribution in [0.25, 0.3) is 10.8 Å². The van der Waals surface area contributed by atoms with E-state index in [1.54, 1.807) is 13.0 Å². The van der Waals surface area contributed by atoms with E-state index >= 15 is 0 Å². The molecule has 0 N–H and O–H groups in total. The molecule has 0 aliphatic heterocycles. The molecule has 0 atom stereocenters. The van der Waals surface area contributed by atoms with Crippen LogP contribution in [0.15, 0.2) is 60.7 Å². The lowest BCUT2D eigenvalue weighted by Crippen LogP contribution is -2.23. The Kier molecular flexibility index (Phi) is 13.1. The molecular formula is C47H49F3O6. The Morgan fingerprint density at radius 1 is 0.482 bits per heavy atom. The van der Waals surface area contributed by atoms with E-state index in [4.69, 9.17) is 0 Å². The Labute approximate surface area is 326 Å². The number of hydrogen-bond acceptors (Lipinski definition) is 6. The van der Waals surface area contributed by atoms with E-state index in [9.17, 15) is 41.9 Å². The molecule has 3 saturated carbocycles. The number of carbonyl (C=O) groups is 6. The summed E-state index contributed by atoms with van der Waals surface area (Å²) in [7, 11) is 0. The number of fused-ring (bicyclic) bond motifs is 1. The second kappa shape index (κ2) is 17.4. The van der Waals surface area contributed by atoms with Gasteiger partial charge >= 0.3 is 6.18 Å². The van der Waals surface area contributed by atoms with Gasteiger partial charge in [0.25, 0.3) is 0 Å². The number of halogens is 3. The quantitative estimate of drug-likeness (QED) is 0.192. The average molecular weight is 767 g/mol. The minimum Gasteiger partial charge on any atom is -0.299 e. The fraction of sp³-hybridized carbons (Fsp3) is 0.404. The number of benzene rings is 4. The number of aryl methyl sites for hydroxylation is 1. The van der Waals surface area contributed by atoms with E-state index in [0.29, 0.717) is 36.8 Å². The molecule has 0 bridgehead atoms. The van der Waals surface area contributed by atoms with Crippen LogP contribution in [0, 0.1) is 41.5 Å². The first kappa shape index (κ1) is 42.1. The predicted molar refractivity (Wildman–Crippen MR) is 210 cm³/mol. The van der Waals surface area contributed by atoms with Crippen LogP contribution < -0.4 is 0 Å². The fourth-order valence-electron chi connectivity index (χ4n) is 8.58. The number of Topliss-reactive ketones (excluding diaryl/α,β-unsaturated/α-hetero) is 6. The Morgan fingerprint density at radius 3 is 1.41 bits per heavy atom. The van der Waals surface area contributed by atoms with Crippen molar-refractivity contribution in [2.24, 2.45) is 0 Å². The maximum atomic E-state index is 12.7. The smallest absolute Gasteiger partial charge is 0.299 e. The zero-order valence-electron chi connectivity index (χ0n) is 33.0. The van der Waals surface area contributed by atoms with Crippen molar-refractivity contribution < 1.29 is 41.9 Å². The van der Waals surface area contributed by atoms with Crippen molar-refractivity contribution in [2.45, 2.75) is 123 Å². The third-order valence-corrected chi connectivity index (χ3v) is 11.7. The van der Waals surface area contributed by atoms with Crippen molar-refractivity contribution in [1.82, 2.24) is 0 Å². The number of alkyl halides is 3. The molecule has 0 amide bonds. The van der Waals surface area contributed by atoms with Gasteiger partial charge in [-0.05, 0) is 127 Å². The molecule has 3 aliphatic rings. The van der Waals surface area contributed by atoms with Crippen molar-refractivity contribution in [3.05, 3.63) is 116 Å². The van der Waals surface area contributed by atoms with Crippen LogP contribution >= 0.6 is 0 Å². The molecule has 7 rings (SSSR count). The molecule has 0 radical (unpaired) electrons. The average Bonchev–Trinajstić information content (AvgIpc) is 3.12. The van der Waals surface area contributed by atoms with Gasteiger partial charge in [-0.1, -0.05) is 54.1 Å². The highest BCUT2D eigenvalue weighted by atomic mass is 19.4. The summed E-state index contributed by atoms with van der Waals surface area (Å²) in [6.07, 6.45) is -1.90. The monoisotopic (exact) mass is 766 g/mol. The Balaban J connectivity index is 0.000000161. The van der Waals surface area contributed by atoms with Crippen molar-refractivity contribution in [3.8, 4) is 0 Å². The number of carbonyl (C=O) groups excluding carboxylic acids is 6. The molecule has 3 fully saturated rings. The standard InChI is InChI=1S/C17H22O2.C16H14O2.C14H13F3O2/c1-9-10(2)12(4)17(13(5)11(9)3)14-6-15(18)8-16(19)7-14;17-13-8-12(9-14(18)10-13)16-7-3-5-11-4-1-2-6-15(11)16;1-8-2-9(4-11(3-8)14(15,16)17)10-5-12(18)7-13(19)6-10/h14H,6-8H2,1-5H3;1-7,12H,8-10H2;2-4,10H,5-7H2,1H3. The summed E-state index contributed by atoms with van der Waals surface area (Å²) in [5.74, 6) is -0.334. The van der Waals surface area contributed by atoms with E-state index in [1.807, 2.05) is 24.3 Å². The molecule has 0 spiro atoms. The van der Waals surface area contributed by atoms with Gasteiger partial charge < -0.3 is 0 Å². The molecule has 4 aromatic rings. The second-order valence-corrected chi connectivity index (χ2v) is 15.8. The van der Waals surface area contributed by atoms with Gasteiger partial charge in [0.1, 0.15) is 34.7 Å². The van der Waals surface area contributed by atoms with Gasteiger partial charge in [0.2, 0.25) is 0 Å². The van der Waals surface area contributed by atoms with E-state index in [-0.39, 0.29) is 78.6 Å². The summed E-state index contributed by atoms with van der Waals surface area (Å²) in [4.78, 5) is 69.3. The molecule has 9 heteroatoms. The van der Waals surface area contributed by atoms with Gasteiger partial charge in [-0.2, -0.15) is 13.2 Å². The zero-order valence-corrected chi connectivity index (χ0v) is 33.0. The minimum absolute atomic E-state index is 0.0600. The first-order chi connectivity index (χ1) is 26.3. The molecule has 0 aromatic heterocycles. The summed E-state index contributed by atoms with van der Waals surface area (Å²) in [5, 5.41) is 2.33. The lowest BCUT2D eigenvalue weighted by atomic mass is 9.76. The molecular weight excluding hydrogens is 718 g/mol. The first-order valence-corrected chi connectivity index (χ1v) is 19.2. The van der Waals surface area contributed by atoms with Gasteiger partial charge in [0, 0.05) is 38.5 Å². The summed E-state index contributed by atoms with van der Waals surface area (Å²) < 4.78 is 38.2. The highest BCUT2D eigenvalue weighted by molar-refractivity contribution is 6.04. The largest absolute Gasteiger partial charge is 0.416 e. The molecule has 0 heterocycles. The minimum atomic E-state index is -4.41. The van der Waals surface area contributed by atoms with E-state index in [2.05, 4.69) is 52.8 Å². The maximum absolute atomic E-state index is 12.7. The van der Waals surface area contributed by atoms with Crippen LogP contribution in [-0.4, -0.2) is 34.7 Å². The van der Waals surface area contributed by atoms with Crippen molar-refractivity contribution in [3.63, 3.8) is 0 Å². The van der Waals surface area contributed by atoms with Crippen LogP contribution in [0.1, 0.15) is 131 Å². The Bertz CT molecular complexity index is 2150. The number of ketones is 6. The summed E-state index contributed by atoms with van der Waals surface area (Å²) >= 11 is 0. The maximum Gasteiger partial charge on any atom is 0.416 e. The van der Waals surface area contributed by atoms with E-state index in [1.165, 1.54) is 38.8 Å². The third kappa shape index (κ3) is 10.0. The van der Waals surface area contributed by atoms with Crippen LogP contribution in [0.5, 0.6) is 0 Å². The van der Waals surface area contributed by atoms with E-state index in [0.717, 1.165) is 23.1 Å². The SMILES string of the molecule is Cc1c(C)c(C)c(C2CC(=O)CC(=O)C2)c(C)c1C.Cc1cc(C2CC(=O)CC(=O)C2)cc(C(F)(F)F)c1.O=C1CC(=O)CC(c2cccc3ccccc23)C1. The van der Waals surface area contributed by atoms with Crippen molar-refractivity contribution >= 4 is 45.5 Å². The molecule has 294 valence electrons.